The van der Waals surface area contributed by atoms with E-state index in [1.165, 1.54) is 14.2 Å². The quantitative estimate of drug-likeness (QED) is 0.610. The van der Waals surface area contributed by atoms with Gasteiger partial charge in [-0.15, -0.1) is 11.3 Å². The van der Waals surface area contributed by atoms with Gasteiger partial charge in [-0.2, -0.15) is 0 Å². The largest absolute Gasteiger partial charge is 0.465 e. The number of piperazine rings is 1. The fourth-order valence-corrected chi connectivity index (χ4v) is 4.95. The van der Waals surface area contributed by atoms with Gasteiger partial charge in [0, 0.05) is 37.7 Å². The van der Waals surface area contributed by atoms with E-state index in [1.807, 2.05) is 18.2 Å². The van der Waals surface area contributed by atoms with E-state index in [2.05, 4.69) is 21.2 Å². The number of halogens is 1. The predicted octanol–water partition coefficient (Wildman–Crippen LogP) is 3.04. The van der Waals surface area contributed by atoms with Crippen LogP contribution in [-0.4, -0.2) is 74.6 Å². The van der Waals surface area contributed by atoms with Gasteiger partial charge in [-0.1, -0.05) is 23.7 Å². The van der Waals surface area contributed by atoms with Gasteiger partial charge >= 0.3 is 11.9 Å². The van der Waals surface area contributed by atoms with Crippen LogP contribution in [0, 0.1) is 6.92 Å². The number of anilines is 1. The van der Waals surface area contributed by atoms with Crippen LogP contribution in [0.25, 0.3) is 0 Å². The Hall–Kier alpha value is -2.46. The second-order valence-corrected chi connectivity index (χ2v) is 8.93. The van der Waals surface area contributed by atoms with Crippen LogP contribution in [-0.2, 0) is 20.8 Å². The molecule has 0 atom stereocenters. The number of nitrogens with zero attached hydrogens (tertiary/aromatic N) is 2. The molecule has 0 radical (unpaired) electrons. The first-order valence-corrected chi connectivity index (χ1v) is 11.3. The Bertz CT molecular complexity index is 1000. The number of hydrogen-bond acceptors (Lipinski definition) is 8. The number of amides is 1. The van der Waals surface area contributed by atoms with Crippen LogP contribution in [0.3, 0.4) is 0 Å². The summed E-state index contributed by atoms with van der Waals surface area (Å²) in [6.07, 6.45) is 0. The molecule has 8 nitrogen and oxygen atoms in total. The monoisotopic (exact) mass is 479 g/mol. The van der Waals surface area contributed by atoms with Crippen molar-refractivity contribution in [1.29, 1.82) is 0 Å². The molecule has 0 saturated carbocycles. The number of ether oxygens (including phenoxy) is 2. The lowest BCUT2D eigenvalue weighted by atomic mass is 10.1. The van der Waals surface area contributed by atoms with Crippen LogP contribution in [0.2, 0.25) is 5.02 Å². The molecule has 32 heavy (non-hydrogen) atoms. The number of hydrogen-bond donors (Lipinski definition) is 1. The molecule has 2 heterocycles. The van der Waals surface area contributed by atoms with Crippen molar-refractivity contribution >= 4 is 45.8 Å². The molecule has 2 aromatic rings. The maximum Gasteiger partial charge on any atom is 0.348 e. The highest BCUT2D eigenvalue weighted by Gasteiger charge is 2.27. The molecule has 1 amide bonds. The minimum atomic E-state index is -0.612. The summed E-state index contributed by atoms with van der Waals surface area (Å²) in [5, 5.41) is 3.79. The van der Waals surface area contributed by atoms with Crippen LogP contribution < -0.4 is 5.32 Å². The SMILES string of the molecule is COC(=O)c1sc(NC(=O)CN2CCN(Cc3cccc(Cl)c3)CC2)c(C(=O)OC)c1C. The van der Waals surface area contributed by atoms with Crippen LogP contribution in [0.5, 0.6) is 0 Å². The topological polar surface area (TPSA) is 88.2 Å². The van der Waals surface area contributed by atoms with Gasteiger partial charge in [-0.05, 0) is 30.2 Å². The van der Waals surface area contributed by atoms with Gasteiger partial charge in [-0.3, -0.25) is 14.6 Å². The first kappa shape index (κ1) is 24.2. The summed E-state index contributed by atoms with van der Waals surface area (Å²) >= 11 is 7.07. The Morgan fingerprint density at radius 2 is 1.72 bits per heavy atom. The van der Waals surface area contributed by atoms with Gasteiger partial charge in [-0.25, -0.2) is 9.59 Å². The zero-order chi connectivity index (χ0) is 23.3. The summed E-state index contributed by atoms with van der Waals surface area (Å²) in [4.78, 5) is 41.5. The number of thiophene rings is 1. The van der Waals surface area contributed by atoms with Crippen molar-refractivity contribution in [2.75, 3.05) is 52.3 Å². The smallest absolute Gasteiger partial charge is 0.348 e. The lowest BCUT2D eigenvalue weighted by Crippen LogP contribution is -2.48. The molecular weight excluding hydrogens is 454 g/mol. The van der Waals surface area contributed by atoms with E-state index in [4.69, 9.17) is 21.1 Å². The summed E-state index contributed by atoms with van der Waals surface area (Å²) in [6, 6.07) is 7.82. The van der Waals surface area contributed by atoms with Crippen molar-refractivity contribution in [2.24, 2.45) is 0 Å². The molecule has 0 bridgehead atoms. The maximum atomic E-state index is 12.7. The van der Waals surface area contributed by atoms with Crippen molar-refractivity contribution in [2.45, 2.75) is 13.5 Å². The summed E-state index contributed by atoms with van der Waals surface area (Å²) in [7, 11) is 2.52. The molecule has 3 rings (SSSR count). The van der Waals surface area contributed by atoms with E-state index < -0.39 is 11.9 Å². The summed E-state index contributed by atoms with van der Waals surface area (Å²) in [6.45, 7) is 5.78. The molecule has 1 aliphatic heterocycles. The Balaban J connectivity index is 1.58. The summed E-state index contributed by atoms with van der Waals surface area (Å²) < 4.78 is 9.59. The molecule has 1 N–H and O–H groups in total. The highest BCUT2D eigenvalue weighted by atomic mass is 35.5. The fourth-order valence-electron chi connectivity index (χ4n) is 3.61. The van der Waals surface area contributed by atoms with E-state index in [0.717, 1.165) is 54.6 Å². The first-order chi connectivity index (χ1) is 15.3. The lowest BCUT2D eigenvalue weighted by Gasteiger charge is -2.34. The van der Waals surface area contributed by atoms with E-state index >= 15 is 0 Å². The second-order valence-electron chi connectivity index (χ2n) is 7.47. The minimum absolute atomic E-state index is 0.178. The third kappa shape index (κ3) is 5.86. The highest BCUT2D eigenvalue weighted by Crippen LogP contribution is 2.34. The number of carbonyl (C=O) groups excluding carboxylic acids is 3. The lowest BCUT2D eigenvalue weighted by molar-refractivity contribution is -0.117. The number of benzene rings is 1. The highest BCUT2D eigenvalue weighted by molar-refractivity contribution is 7.18. The molecule has 1 aliphatic rings. The second kappa shape index (κ2) is 10.9. The van der Waals surface area contributed by atoms with E-state index in [9.17, 15) is 14.4 Å². The Morgan fingerprint density at radius 3 is 2.34 bits per heavy atom. The van der Waals surface area contributed by atoms with Crippen LogP contribution in [0.4, 0.5) is 5.00 Å². The van der Waals surface area contributed by atoms with Crippen LogP contribution in [0.1, 0.15) is 31.2 Å². The Kier molecular flexibility index (Phi) is 8.25. The third-order valence-electron chi connectivity index (χ3n) is 5.29. The van der Waals surface area contributed by atoms with Crippen LogP contribution in [0.15, 0.2) is 24.3 Å². The molecule has 172 valence electrons. The minimum Gasteiger partial charge on any atom is -0.465 e. The van der Waals surface area contributed by atoms with Gasteiger partial charge < -0.3 is 14.8 Å². The first-order valence-electron chi connectivity index (χ1n) is 10.1. The molecule has 0 unspecified atom stereocenters. The van der Waals surface area contributed by atoms with Crippen molar-refractivity contribution in [3.8, 4) is 0 Å². The average molecular weight is 480 g/mol. The molecule has 1 aromatic carbocycles. The zero-order valence-corrected chi connectivity index (χ0v) is 19.8. The molecule has 10 heteroatoms. The maximum absolute atomic E-state index is 12.7. The predicted molar refractivity (Wildman–Crippen MR) is 124 cm³/mol. The number of esters is 2. The average Bonchev–Trinajstić information content (AvgIpc) is 3.09. The molecular formula is C22H26ClN3O5S. The van der Waals surface area contributed by atoms with Crippen molar-refractivity contribution in [1.82, 2.24) is 9.80 Å². The van der Waals surface area contributed by atoms with E-state index in [1.54, 1.807) is 6.92 Å². The molecule has 0 spiro atoms. The van der Waals surface area contributed by atoms with Crippen molar-refractivity contribution < 1.29 is 23.9 Å². The molecule has 1 fully saturated rings. The normalized spacial score (nSPS) is 14.8. The number of nitrogens with one attached hydrogen (secondary N) is 1. The van der Waals surface area contributed by atoms with Gasteiger partial charge in [0.2, 0.25) is 5.91 Å². The number of rotatable bonds is 7. The molecule has 0 aliphatic carbocycles. The standard InChI is InChI=1S/C22H26ClN3O5S/c1-14-18(21(28)30-2)20(32-19(14)22(29)31-3)24-17(27)13-26-9-7-25(8-10-26)12-15-5-4-6-16(23)11-15/h4-6,11H,7-10,12-13H2,1-3H3,(H,24,27). The van der Waals surface area contributed by atoms with Gasteiger partial charge in [0.05, 0.1) is 26.3 Å². The zero-order valence-electron chi connectivity index (χ0n) is 18.3. The Morgan fingerprint density at radius 1 is 1.06 bits per heavy atom. The van der Waals surface area contributed by atoms with Gasteiger partial charge in [0.1, 0.15) is 9.88 Å². The van der Waals surface area contributed by atoms with E-state index in [-0.39, 0.29) is 22.9 Å². The fraction of sp³-hybridized carbons (Fsp3) is 0.409. The Labute approximate surface area is 196 Å². The van der Waals surface area contributed by atoms with Gasteiger partial charge in [0.15, 0.2) is 0 Å². The summed E-state index contributed by atoms with van der Waals surface area (Å²) in [5.74, 6) is -1.43. The molecule has 1 saturated heterocycles. The number of methoxy groups -OCH3 is 2. The van der Waals surface area contributed by atoms with Gasteiger partial charge in [0.25, 0.3) is 0 Å². The van der Waals surface area contributed by atoms with Crippen molar-refractivity contribution in [3.05, 3.63) is 50.9 Å². The van der Waals surface area contributed by atoms with Crippen LogP contribution >= 0.6 is 22.9 Å². The third-order valence-corrected chi connectivity index (χ3v) is 6.71. The van der Waals surface area contributed by atoms with E-state index in [0.29, 0.717) is 10.6 Å². The number of carbonyl (C=O) groups is 3. The summed E-state index contributed by atoms with van der Waals surface area (Å²) in [5.41, 5.74) is 1.77. The molecule has 1 aromatic heterocycles. The van der Waals surface area contributed by atoms with Crippen molar-refractivity contribution in [3.63, 3.8) is 0 Å².